The van der Waals surface area contributed by atoms with E-state index in [9.17, 15) is 9.59 Å². The predicted octanol–water partition coefficient (Wildman–Crippen LogP) is 6.58. The van der Waals surface area contributed by atoms with Gasteiger partial charge in [-0.05, 0) is 61.4 Å². The monoisotopic (exact) mass is 680 g/mol. The molecule has 244 valence electrons. The summed E-state index contributed by atoms with van der Waals surface area (Å²) in [5.41, 5.74) is 3.51. The zero-order valence-electron chi connectivity index (χ0n) is 26.6. The van der Waals surface area contributed by atoms with E-state index in [0.717, 1.165) is 16.7 Å². The molecular weight excluding hydrogens is 648 g/mol. The van der Waals surface area contributed by atoms with Crippen LogP contribution in [0.25, 0.3) is 11.8 Å². The summed E-state index contributed by atoms with van der Waals surface area (Å²) in [6.45, 7) is 4.52. The van der Waals surface area contributed by atoms with E-state index in [0.29, 0.717) is 49.5 Å². The van der Waals surface area contributed by atoms with Crippen molar-refractivity contribution in [2.24, 2.45) is 4.99 Å². The van der Waals surface area contributed by atoms with Crippen molar-refractivity contribution >= 4 is 40.7 Å². The number of nitrogens with zero attached hydrogens (tertiary/aromatic N) is 2. The third-order valence-corrected chi connectivity index (χ3v) is 9.06. The van der Waals surface area contributed by atoms with Gasteiger partial charge in [-0.3, -0.25) is 9.36 Å². The molecule has 0 bridgehead atoms. The molecule has 1 aliphatic rings. The summed E-state index contributed by atoms with van der Waals surface area (Å²) in [5.74, 6) is 1.21. The molecule has 1 aliphatic heterocycles. The van der Waals surface area contributed by atoms with Crippen LogP contribution in [-0.2, 0) is 16.1 Å². The van der Waals surface area contributed by atoms with Crippen molar-refractivity contribution in [2.45, 2.75) is 26.5 Å². The first kappa shape index (κ1) is 32.8. The summed E-state index contributed by atoms with van der Waals surface area (Å²) in [6, 6.07) is 29.0. The van der Waals surface area contributed by atoms with Gasteiger partial charge in [-0.1, -0.05) is 89.7 Å². The molecule has 0 spiro atoms. The Morgan fingerprint density at radius 3 is 2.38 bits per heavy atom. The van der Waals surface area contributed by atoms with Gasteiger partial charge < -0.3 is 18.9 Å². The number of benzene rings is 4. The Balaban J connectivity index is 1.48. The fourth-order valence-corrected chi connectivity index (χ4v) is 6.66. The fraction of sp³-hybridized carbons (Fsp3) is 0.184. The Morgan fingerprint density at radius 2 is 1.67 bits per heavy atom. The van der Waals surface area contributed by atoms with Crippen LogP contribution in [0, 0.1) is 0 Å². The SMILES string of the molecule is CCOC(=O)C1=C(c2ccccc2)N=c2s/c(=C\c3ccc(OCc4ccccc4Cl)c(OCC)c3)c(=O)n2[C@@H]1c1ccc(OC)cc1. The maximum atomic E-state index is 14.3. The molecule has 0 fully saturated rings. The van der Waals surface area contributed by atoms with Gasteiger partial charge in [-0.15, -0.1) is 0 Å². The summed E-state index contributed by atoms with van der Waals surface area (Å²) in [6.07, 6.45) is 1.80. The third kappa shape index (κ3) is 6.79. The zero-order chi connectivity index (χ0) is 33.6. The first-order valence-electron chi connectivity index (χ1n) is 15.5. The highest BCUT2D eigenvalue weighted by atomic mass is 35.5. The van der Waals surface area contributed by atoms with Gasteiger partial charge in [0.1, 0.15) is 12.4 Å². The largest absolute Gasteiger partial charge is 0.497 e. The number of methoxy groups -OCH3 is 1. The number of hydrogen-bond donors (Lipinski definition) is 0. The molecule has 5 aromatic rings. The quantitative estimate of drug-likeness (QED) is 0.147. The first-order chi connectivity index (χ1) is 23.4. The van der Waals surface area contributed by atoms with E-state index in [-0.39, 0.29) is 24.3 Å². The number of fused-ring (bicyclic) bond motifs is 1. The minimum absolute atomic E-state index is 0.171. The minimum Gasteiger partial charge on any atom is -0.497 e. The Labute approximate surface area is 286 Å². The van der Waals surface area contributed by atoms with E-state index in [1.807, 2.05) is 91.9 Å². The molecule has 1 aromatic heterocycles. The molecule has 10 heteroatoms. The Bertz CT molecular complexity index is 2160. The van der Waals surface area contributed by atoms with E-state index < -0.39 is 12.0 Å². The number of carbonyl (C=O) groups excluding carboxylic acids is 1. The summed E-state index contributed by atoms with van der Waals surface area (Å²) in [7, 11) is 1.59. The molecule has 8 nitrogen and oxygen atoms in total. The highest BCUT2D eigenvalue weighted by Gasteiger charge is 2.35. The molecule has 2 heterocycles. The van der Waals surface area contributed by atoms with Gasteiger partial charge in [0, 0.05) is 16.1 Å². The average molecular weight is 681 g/mol. The second kappa shape index (κ2) is 14.8. The number of esters is 1. The molecule has 0 amide bonds. The number of thiazole rings is 1. The van der Waals surface area contributed by atoms with Crippen molar-refractivity contribution in [3.63, 3.8) is 0 Å². The topological polar surface area (TPSA) is 88.4 Å². The van der Waals surface area contributed by atoms with Gasteiger partial charge in [-0.25, -0.2) is 9.79 Å². The van der Waals surface area contributed by atoms with Crippen molar-refractivity contribution in [3.05, 3.63) is 150 Å². The van der Waals surface area contributed by atoms with E-state index in [2.05, 4.69) is 0 Å². The molecule has 4 aromatic carbocycles. The molecule has 1 atom stereocenters. The molecule has 0 N–H and O–H groups in total. The van der Waals surface area contributed by atoms with Gasteiger partial charge >= 0.3 is 5.97 Å². The number of rotatable bonds is 11. The van der Waals surface area contributed by atoms with E-state index in [1.54, 1.807) is 36.8 Å². The Morgan fingerprint density at radius 1 is 0.917 bits per heavy atom. The maximum absolute atomic E-state index is 14.3. The van der Waals surface area contributed by atoms with Crippen molar-refractivity contribution < 1.29 is 23.7 Å². The number of aromatic nitrogens is 1. The maximum Gasteiger partial charge on any atom is 0.338 e. The lowest BCUT2D eigenvalue weighted by molar-refractivity contribution is -0.138. The highest BCUT2D eigenvalue weighted by Crippen LogP contribution is 2.36. The molecule has 0 saturated heterocycles. The van der Waals surface area contributed by atoms with Crippen LogP contribution in [-0.4, -0.2) is 30.9 Å². The molecule has 0 aliphatic carbocycles. The van der Waals surface area contributed by atoms with Crippen LogP contribution in [0.1, 0.15) is 42.1 Å². The van der Waals surface area contributed by atoms with Gasteiger partial charge in [0.05, 0.1) is 42.2 Å². The fourth-order valence-electron chi connectivity index (χ4n) is 5.47. The molecule has 0 saturated carbocycles. The second-order valence-electron chi connectivity index (χ2n) is 10.7. The van der Waals surface area contributed by atoms with Crippen LogP contribution >= 0.6 is 22.9 Å². The molecule has 6 rings (SSSR count). The second-order valence-corrected chi connectivity index (χ2v) is 12.1. The number of ether oxygens (including phenoxy) is 4. The van der Waals surface area contributed by atoms with Crippen molar-refractivity contribution in [1.29, 1.82) is 0 Å². The lowest BCUT2D eigenvalue weighted by Gasteiger charge is -2.26. The first-order valence-corrected chi connectivity index (χ1v) is 16.7. The number of carbonyl (C=O) groups is 1. The Kier molecular flexibility index (Phi) is 10.1. The van der Waals surface area contributed by atoms with Crippen molar-refractivity contribution in [2.75, 3.05) is 20.3 Å². The van der Waals surface area contributed by atoms with Crippen LogP contribution < -0.4 is 29.1 Å². The molecule has 0 radical (unpaired) electrons. The third-order valence-electron chi connectivity index (χ3n) is 7.71. The van der Waals surface area contributed by atoms with Gasteiger partial charge in [-0.2, -0.15) is 0 Å². The lowest BCUT2D eigenvalue weighted by Crippen LogP contribution is -2.40. The lowest BCUT2D eigenvalue weighted by atomic mass is 9.93. The van der Waals surface area contributed by atoms with Gasteiger partial charge in [0.2, 0.25) is 0 Å². The van der Waals surface area contributed by atoms with Crippen LogP contribution in [0.15, 0.2) is 112 Å². The molecule has 0 unspecified atom stereocenters. The number of halogens is 1. The van der Waals surface area contributed by atoms with Crippen LogP contribution in [0.5, 0.6) is 17.2 Å². The smallest absolute Gasteiger partial charge is 0.338 e. The van der Waals surface area contributed by atoms with Crippen molar-refractivity contribution in [3.8, 4) is 17.2 Å². The summed E-state index contributed by atoms with van der Waals surface area (Å²) in [5, 5.41) is 0.622. The Hall–Kier alpha value is -5.12. The van der Waals surface area contributed by atoms with Crippen LogP contribution in [0.2, 0.25) is 5.02 Å². The summed E-state index contributed by atoms with van der Waals surface area (Å²) in [4.78, 5) is 33.3. The highest BCUT2D eigenvalue weighted by molar-refractivity contribution is 7.07. The molecule has 48 heavy (non-hydrogen) atoms. The normalized spacial score (nSPS) is 14.2. The number of hydrogen-bond acceptors (Lipinski definition) is 8. The van der Waals surface area contributed by atoms with Gasteiger partial charge in [0.15, 0.2) is 16.3 Å². The van der Waals surface area contributed by atoms with E-state index >= 15 is 0 Å². The van der Waals surface area contributed by atoms with E-state index in [4.69, 9.17) is 35.5 Å². The molecular formula is C38H33ClN2O6S. The predicted molar refractivity (Wildman–Crippen MR) is 187 cm³/mol. The summed E-state index contributed by atoms with van der Waals surface area (Å²) >= 11 is 7.58. The standard InChI is InChI=1S/C38H33ClN2O6S/c1-4-45-31-21-24(15-20-30(31)47-23-27-13-9-10-14-29(27)39)22-32-36(42)41-35(26-16-18-28(44-3)19-17-26)33(37(43)46-5-2)34(40-38(41)48-32)25-11-7-6-8-12-25/h6-22,35H,4-5,23H2,1-3H3/b32-22-/t35-/m1/s1. The van der Waals surface area contributed by atoms with Crippen LogP contribution in [0.4, 0.5) is 0 Å². The van der Waals surface area contributed by atoms with Crippen LogP contribution in [0.3, 0.4) is 0 Å². The van der Waals surface area contributed by atoms with E-state index in [1.165, 1.54) is 11.3 Å². The van der Waals surface area contributed by atoms with Crippen molar-refractivity contribution in [1.82, 2.24) is 4.57 Å². The zero-order valence-corrected chi connectivity index (χ0v) is 28.2. The summed E-state index contributed by atoms with van der Waals surface area (Å²) < 4.78 is 25.0. The average Bonchev–Trinajstić information content (AvgIpc) is 3.42. The van der Waals surface area contributed by atoms with Gasteiger partial charge in [0.25, 0.3) is 5.56 Å². The minimum atomic E-state index is -0.789.